The van der Waals surface area contributed by atoms with Crippen molar-refractivity contribution in [2.24, 2.45) is 0 Å². The van der Waals surface area contributed by atoms with E-state index in [1.165, 1.54) is 5.56 Å². The number of H-pyrrole nitrogens is 1. The Kier molecular flexibility index (Phi) is 4.36. The predicted molar refractivity (Wildman–Crippen MR) is 71.5 cm³/mol. The van der Waals surface area contributed by atoms with E-state index in [0.717, 1.165) is 18.1 Å². The highest BCUT2D eigenvalue weighted by atomic mass is 16.5. The molecule has 0 saturated heterocycles. The van der Waals surface area contributed by atoms with E-state index in [4.69, 9.17) is 4.74 Å². The van der Waals surface area contributed by atoms with Crippen molar-refractivity contribution >= 4 is 0 Å². The van der Waals surface area contributed by atoms with Crippen LogP contribution in [0.25, 0.3) is 0 Å². The summed E-state index contributed by atoms with van der Waals surface area (Å²) in [6.07, 6.45) is 3.59. The number of imidazole rings is 1. The van der Waals surface area contributed by atoms with Crippen LogP contribution in [0.2, 0.25) is 0 Å². The maximum atomic E-state index is 5.50. The zero-order chi connectivity index (χ0) is 12.8. The third kappa shape index (κ3) is 3.34. The van der Waals surface area contributed by atoms with Gasteiger partial charge in [0.25, 0.3) is 0 Å². The van der Waals surface area contributed by atoms with E-state index >= 15 is 0 Å². The molecule has 1 atom stereocenters. The molecule has 0 saturated carbocycles. The first-order chi connectivity index (χ1) is 8.79. The van der Waals surface area contributed by atoms with Crippen LogP contribution in [-0.2, 0) is 6.54 Å². The van der Waals surface area contributed by atoms with Gasteiger partial charge in [-0.3, -0.25) is 0 Å². The zero-order valence-corrected chi connectivity index (χ0v) is 10.8. The highest BCUT2D eigenvalue weighted by molar-refractivity contribution is 5.30. The molecule has 1 aromatic heterocycles. The molecule has 1 heterocycles. The third-order valence-electron chi connectivity index (χ3n) is 2.80. The summed E-state index contributed by atoms with van der Waals surface area (Å²) in [6, 6.07) is 8.43. The topological polar surface area (TPSA) is 49.9 Å². The Bertz CT molecular complexity index is 468. The first kappa shape index (κ1) is 12.6. The van der Waals surface area contributed by atoms with Crippen molar-refractivity contribution in [1.29, 1.82) is 0 Å². The number of rotatable bonds is 6. The Morgan fingerprint density at radius 3 is 3.06 bits per heavy atom. The predicted octanol–water partition coefficient (Wildman–Crippen LogP) is 2.66. The molecule has 1 aromatic carbocycles. The molecule has 0 fully saturated rings. The third-order valence-corrected chi connectivity index (χ3v) is 2.80. The minimum Gasteiger partial charge on any atom is -0.494 e. The molecule has 18 heavy (non-hydrogen) atoms. The van der Waals surface area contributed by atoms with Gasteiger partial charge in [-0.25, -0.2) is 4.98 Å². The molecule has 0 amide bonds. The average Bonchev–Trinajstić information content (AvgIpc) is 2.90. The normalized spacial score (nSPS) is 12.3. The van der Waals surface area contributed by atoms with Gasteiger partial charge in [0.1, 0.15) is 11.6 Å². The molecule has 0 aliphatic heterocycles. The molecule has 0 aliphatic carbocycles. The van der Waals surface area contributed by atoms with E-state index in [2.05, 4.69) is 34.3 Å². The molecule has 2 rings (SSSR count). The van der Waals surface area contributed by atoms with E-state index in [1.807, 2.05) is 25.3 Å². The lowest BCUT2D eigenvalue weighted by atomic mass is 10.1. The Morgan fingerprint density at radius 2 is 2.33 bits per heavy atom. The maximum Gasteiger partial charge on any atom is 0.120 e. The number of benzene rings is 1. The summed E-state index contributed by atoms with van der Waals surface area (Å²) in [5, 5.41) is 3.42. The fourth-order valence-electron chi connectivity index (χ4n) is 1.80. The van der Waals surface area contributed by atoms with E-state index < -0.39 is 0 Å². The molecular weight excluding hydrogens is 226 g/mol. The van der Waals surface area contributed by atoms with Crippen molar-refractivity contribution < 1.29 is 4.74 Å². The van der Waals surface area contributed by atoms with E-state index in [0.29, 0.717) is 6.61 Å². The highest BCUT2D eigenvalue weighted by Gasteiger charge is 2.06. The van der Waals surface area contributed by atoms with Crippen LogP contribution in [0, 0.1) is 0 Å². The van der Waals surface area contributed by atoms with Crippen LogP contribution in [0.15, 0.2) is 36.7 Å². The van der Waals surface area contributed by atoms with Gasteiger partial charge in [0.2, 0.25) is 0 Å². The molecule has 4 heteroatoms. The molecule has 2 aromatic rings. The summed E-state index contributed by atoms with van der Waals surface area (Å²) in [5.41, 5.74) is 1.22. The van der Waals surface area contributed by atoms with Crippen LogP contribution in [0.1, 0.15) is 31.3 Å². The number of nitrogens with one attached hydrogen (secondary N) is 2. The minimum atomic E-state index is 0.260. The Morgan fingerprint density at radius 1 is 1.44 bits per heavy atom. The number of ether oxygens (including phenoxy) is 1. The van der Waals surface area contributed by atoms with Gasteiger partial charge in [0.15, 0.2) is 0 Å². The van der Waals surface area contributed by atoms with Crippen molar-refractivity contribution in [2.75, 3.05) is 6.61 Å². The van der Waals surface area contributed by atoms with Gasteiger partial charge in [0.05, 0.1) is 13.2 Å². The Hall–Kier alpha value is -1.81. The summed E-state index contributed by atoms with van der Waals surface area (Å²) in [7, 11) is 0. The van der Waals surface area contributed by atoms with E-state index in [9.17, 15) is 0 Å². The van der Waals surface area contributed by atoms with Crippen LogP contribution in [-0.4, -0.2) is 16.6 Å². The number of hydrogen-bond donors (Lipinski definition) is 2. The van der Waals surface area contributed by atoms with Gasteiger partial charge in [-0.1, -0.05) is 12.1 Å². The summed E-state index contributed by atoms with van der Waals surface area (Å²) in [6.45, 7) is 5.55. The Balaban J connectivity index is 1.95. The fraction of sp³-hybridized carbons (Fsp3) is 0.357. The van der Waals surface area contributed by atoms with Crippen molar-refractivity contribution in [3.05, 3.63) is 48.0 Å². The molecule has 0 aliphatic rings. The van der Waals surface area contributed by atoms with Crippen LogP contribution in [0.4, 0.5) is 0 Å². The second-order valence-electron chi connectivity index (χ2n) is 4.14. The van der Waals surface area contributed by atoms with Crippen LogP contribution < -0.4 is 10.1 Å². The van der Waals surface area contributed by atoms with Crippen LogP contribution in [0.5, 0.6) is 5.75 Å². The standard InChI is InChI=1S/C14H19N3O/c1-3-18-13-6-4-5-12(9-13)11(2)17-10-14-15-7-8-16-14/h4-9,11,17H,3,10H2,1-2H3,(H,15,16). The Labute approximate surface area is 107 Å². The summed E-state index contributed by atoms with van der Waals surface area (Å²) >= 11 is 0. The lowest BCUT2D eigenvalue weighted by Gasteiger charge is -2.14. The van der Waals surface area contributed by atoms with Crippen molar-refractivity contribution in [2.45, 2.75) is 26.4 Å². The van der Waals surface area contributed by atoms with Gasteiger partial charge in [-0.2, -0.15) is 0 Å². The molecular formula is C14H19N3O. The second-order valence-corrected chi connectivity index (χ2v) is 4.14. The summed E-state index contributed by atoms with van der Waals surface area (Å²) < 4.78 is 5.50. The molecule has 0 radical (unpaired) electrons. The van der Waals surface area contributed by atoms with Gasteiger partial charge in [0, 0.05) is 18.4 Å². The smallest absolute Gasteiger partial charge is 0.120 e. The van der Waals surface area contributed by atoms with E-state index in [1.54, 1.807) is 6.20 Å². The maximum absolute atomic E-state index is 5.50. The van der Waals surface area contributed by atoms with E-state index in [-0.39, 0.29) is 6.04 Å². The minimum absolute atomic E-state index is 0.260. The lowest BCUT2D eigenvalue weighted by molar-refractivity contribution is 0.339. The number of hydrogen-bond acceptors (Lipinski definition) is 3. The lowest BCUT2D eigenvalue weighted by Crippen LogP contribution is -2.18. The first-order valence-electron chi connectivity index (χ1n) is 6.24. The average molecular weight is 245 g/mol. The van der Waals surface area contributed by atoms with Crippen LogP contribution >= 0.6 is 0 Å². The summed E-state index contributed by atoms with van der Waals surface area (Å²) in [5.74, 6) is 1.87. The quantitative estimate of drug-likeness (QED) is 0.822. The van der Waals surface area contributed by atoms with Crippen molar-refractivity contribution in [3.8, 4) is 5.75 Å². The monoisotopic (exact) mass is 245 g/mol. The SMILES string of the molecule is CCOc1cccc(C(C)NCc2ncc[nH]2)c1. The van der Waals surface area contributed by atoms with Gasteiger partial charge >= 0.3 is 0 Å². The van der Waals surface area contributed by atoms with Crippen molar-refractivity contribution in [3.63, 3.8) is 0 Å². The first-order valence-corrected chi connectivity index (χ1v) is 6.24. The fourth-order valence-corrected chi connectivity index (χ4v) is 1.80. The number of aromatic amines is 1. The second kappa shape index (κ2) is 6.21. The zero-order valence-electron chi connectivity index (χ0n) is 10.8. The van der Waals surface area contributed by atoms with Gasteiger partial charge in [-0.15, -0.1) is 0 Å². The highest BCUT2D eigenvalue weighted by Crippen LogP contribution is 2.19. The molecule has 2 N–H and O–H groups in total. The molecule has 96 valence electrons. The van der Waals surface area contributed by atoms with Gasteiger partial charge < -0.3 is 15.0 Å². The van der Waals surface area contributed by atoms with Crippen molar-refractivity contribution in [1.82, 2.24) is 15.3 Å². The van der Waals surface area contributed by atoms with Gasteiger partial charge in [-0.05, 0) is 31.5 Å². The molecule has 0 spiro atoms. The number of aromatic nitrogens is 2. The number of nitrogens with zero attached hydrogens (tertiary/aromatic N) is 1. The van der Waals surface area contributed by atoms with Crippen LogP contribution in [0.3, 0.4) is 0 Å². The molecule has 0 bridgehead atoms. The summed E-state index contributed by atoms with van der Waals surface area (Å²) in [4.78, 5) is 7.26. The largest absolute Gasteiger partial charge is 0.494 e. The molecule has 1 unspecified atom stereocenters. The molecule has 4 nitrogen and oxygen atoms in total.